The highest BCUT2D eigenvalue weighted by Gasteiger charge is 2.70. The fourth-order valence-corrected chi connectivity index (χ4v) is 15.0. The molecule has 4 saturated carbocycles. The van der Waals surface area contributed by atoms with E-state index in [-0.39, 0.29) is 32.8 Å². The second-order valence-corrected chi connectivity index (χ2v) is 21.3. The van der Waals surface area contributed by atoms with Gasteiger partial charge in [-0.2, -0.15) is 4.31 Å². The van der Waals surface area contributed by atoms with Gasteiger partial charge in [0.05, 0.1) is 11.8 Å². The number of benzene rings is 1. The molecule has 0 aromatic heterocycles. The van der Waals surface area contributed by atoms with Gasteiger partial charge in [0.25, 0.3) is 0 Å². The summed E-state index contributed by atoms with van der Waals surface area (Å²) in [5.41, 5.74) is 3.59. The predicted molar refractivity (Wildman–Crippen MR) is 207 cm³/mol. The Kier molecular flexibility index (Phi) is 9.57. The minimum Gasteiger partial charge on any atom is -0.478 e. The van der Waals surface area contributed by atoms with Gasteiger partial charge in [0.2, 0.25) is 10.0 Å². The highest BCUT2D eigenvalue weighted by atomic mass is 32.2. The van der Waals surface area contributed by atoms with Crippen LogP contribution in [0.1, 0.15) is 115 Å². The van der Waals surface area contributed by atoms with Gasteiger partial charge < -0.3 is 10.4 Å². The average molecular weight is 738 g/mol. The fraction of sp³-hybridized carbons (Fsp3) is 0.744. The molecule has 9 atom stereocenters. The van der Waals surface area contributed by atoms with E-state index in [1.165, 1.54) is 68.9 Å². The number of hydrogen-bond acceptors (Lipinski definition) is 5. The molecular weight excluding hydrogens is 674 g/mol. The van der Waals surface area contributed by atoms with Crippen molar-refractivity contribution in [2.75, 3.05) is 45.5 Å². The second kappa shape index (κ2) is 13.0. The van der Waals surface area contributed by atoms with Crippen molar-refractivity contribution in [3.8, 4) is 0 Å². The van der Waals surface area contributed by atoms with Crippen molar-refractivity contribution in [3.05, 3.63) is 53.4 Å². The molecule has 0 radical (unpaired) electrons. The smallest absolute Gasteiger partial charge is 0.338 e. The average Bonchev–Trinajstić information content (AvgIpc) is 3.44. The Morgan fingerprint density at radius 2 is 1.67 bits per heavy atom. The summed E-state index contributed by atoms with van der Waals surface area (Å²) in [4.78, 5) is 14.0. The standard InChI is InChI=1S/C43H64FN3O4S/c1-28(2)30-13-18-43(45-21-22-46-23-25-47(26-24-46)52(8,50)51)20-19-41(6)33(37(30)43)11-12-36-40(5)16-14-32(29-9-10-31(38(48)49)34(44)27-29)39(3,4)35(40)15-17-42(36,41)7/h9-10,14,27,30,33,35-37,45H,1,11-13,15-26H2,2-8H3,(H,48,49). The topological polar surface area (TPSA) is 90.0 Å². The quantitative estimate of drug-likeness (QED) is 0.262. The van der Waals surface area contributed by atoms with Crippen LogP contribution in [0.2, 0.25) is 0 Å². The number of piperazine rings is 1. The number of nitrogens with zero attached hydrogens (tertiary/aromatic N) is 2. The molecule has 0 bridgehead atoms. The van der Waals surface area contributed by atoms with Gasteiger partial charge in [-0.15, -0.1) is 0 Å². The fourth-order valence-electron chi connectivity index (χ4n) is 14.2. The second-order valence-electron chi connectivity index (χ2n) is 19.3. The highest BCUT2D eigenvalue weighted by molar-refractivity contribution is 7.88. The largest absolute Gasteiger partial charge is 0.478 e. The normalized spacial score (nSPS) is 40.5. The van der Waals surface area contributed by atoms with E-state index in [0.717, 1.165) is 50.2 Å². The lowest BCUT2D eigenvalue weighted by Crippen LogP contribution is -2.68. The van der Waals surface area contributed by atoms with Crippen molar-refractivity contribution in [2.45, 2.75) is 105 Å². The highest BCUT2D eigenvalue weighted by Crippen LogP contribution is 2.76. The molecule has 2 N–H and O–H groups in total. The first-order valence-corrected chi connectivity index (χ1v) is 22.0. The van der Waals surface area contributed by atoms with E-state index in [0.29, 0.717) is 42.7 Å². The maximum absolute atomic E-state index is 14.9. The Morgan fingerprint density at radius 1 is 0.962 bits per heavy atom. The Bertz CT molecular complexity index is 1750. The third-order valence-electron chi connectivity index (χ3n) is 16.9. The molecule has 1 saturated heterocycles. The van der Waals surface area contributed by atoms with Crippen molar-refractivity contribution in [1.29, 1.82) is 0 Å². The molecule has 1 aliphatic heterocycles. The number of carboxylic acids is 1. The zero-order valence-corrected chi connectivity index (χ0v) is 33.7. The van der Waals surface area contributed by atoms with E-state index in [1.54, 1.807) is 4.31 Å². The first kappa shape index (κ1) is 38.2. The molecular formula is C43H64FN3O4S. The van der Waals surface area contributed by atoms with Crippen LogP contribution in [-0.4, -0.2) is 79.8 Å². The molecule has 0 amide bonds. The van der Waals surface area contributed by atoms with Crippen LogP contribution in [0, 0.1) is 57.1 Å². The van der Waals surface area contributed by atoms with Crippen molar-refractivity contribution in [1.82, 2.24) is 14.5 Å². The minimum atomic E-state index is -3.13. The van der Waals surface area contributed by atoms with Gasteiger partial charge in [0, 0.05) is 44.8 Å². The Labute approximate surface area is 312 Å². The van der Waals surface area contributed by atoms with Crippen LogP contribution >= 0.6 is 0 Å². The van der Waals surface area contributed by atoms with E-state index in [2.05, 4.69) is 64.4 Å². The van der Waals surface area contributed by atoms with Crippen LogP contribution in [0.4, 0.5) is 4.39 Å². The number of carbonyl (C=O) groups is 1. The number of aromatic carboxylic acids is 1. The summed E-state index contributed by atoms with van der Waals surface area (Å²) in [5, 5.41) is 13.7. The van der Waals surface area contributed by atoms with Crippen molar-refractivity contribution >= 4 is 21.6 Å². The molecule has 7 nitrogen and oxygen atoms in total. The van der Waals surface area contributed by atoms with Gasteiger partial charge in [-0.3, -0.25) is 4.90 Å². The lowest BCUT2D eigenvalue weighted by atomic mass is 9.33. The van der Waals surface area contributed by atoms with Crippen LogP contribution in [0.25, 0.3) is 5.57 Å². The third-order valence-corrected chi connectivity index (χ3v) is 18.2. The number of fused-ring (bicyclic) bond motifs is 7. The number of allylic oxidation sites excluding steroid dienone is 3. The summed E-state index contributed by atoms with van der Waals surface area (Å²) in [6.07, 6.45) is 14.4. The summed E-state index contributed by atoms with van der Waals surface area (Å²) in [7, 11) is -3.13. The molecule has 1 heterocycles. The SMILES string of the molecule is C=C(C)C1CCC2(NCCN3CCN(S(C)(=O)=O)CC3)CCC3(C)C(CCC4C5(C)CC=C(c6ccc(C(=O)O)c(F)c6)C(C)(C)C5CCC43C)C12. The van der Waals surface area contributed by atoms with Gasteiger partial charge in [0.1, 0.15) is 5.82 Å². The molecule has 9 unspecified atom stereocenters. The molecule has 1 aromatic carbocycles. The van der Waals surface area contributed by atoms with Crippen LogP contribution in [0.5, 0.6) is 0 Å². The van der Waals surface area contributed by atoms with E-state index in [9.17, 15) is 22.7 Å². The number of nitrogens with one attached hydrogen (secondary N) is 1. The first-order valence-electron chi connectivity index (χ1n) is 20.1. The van der Waals surface area contributed by atoms with Gasteiger partial charge in [-0.05, 0) is 139 Å². The summed E-state index contributed by atoms with van der Waals surface area (Å²) in [5.74, 6) is 0.914. The Hall–Kier alpha value is -2.07. The zero-order valence-electron chi connectivity index (χ0n) is 32.9. The molecule has 5 fully saturated rings. The molecule has 288 valence electrons. The van der Waals surface area contributed by atoms with Gasteiger partial charge in [-0.25, -0.2) is 17.6 Å². The van der Waals surface area contributed by atoms with Crippen LogP contribution in [0.3, 0.4) is 0 Å². The van der Waals surface area contributed by atoms with Crippen molar-refractivity contribution in [2.24, 2.45) is 51.2 Å². The lowest BCUT2D eigenvalue weighted by molar-refractivity contribution is -0.219. The molecule has 5 aliphatic carbocycles. The molecule has 1 aromatic rings. The molecule has 0 spiro atoms. The molecule has 7 rings (SSSR count). The number of sulfonamides is 1. The Morgan fingerprint density at radius 3 is 2.31 bits per heavy atom. The van der Waals surface area contributed by atoms with Gasteiger partial charge >= 0.3 is 5.97 Å². The van der Waals surface area contributed by atoms with Crippen molar-refractivity contribution in [3.63, 3.8) is 0 Å². The van der Waals surface area contributed by atoms with Crippen molar-refractivity contribution < 1.29 is 22.7 Å². The van der Waals surface area contributed by atoms with E-state index in [1.807, 2.05) is 6.07 Å². The maximum atomic E-state index is 14.9. The predicted octanol–water partition coefficient (Wildman–Crippen LogP) is 8.09. The number of rotatable bonds is 8. The Balaban J connectivity index is 1.13. The van der Waals surface area contributed by atoms with E-state index >= 15 is 0 Å². The van der Waals surface area contributed by atoms with Crippen LogP contribution in [-0.2, 0) is 10.0 Å². The monoisotopic (exact) mass is 737 g/mol. The number of carboxylic acid groups (broad SMARTS) is 1. The van der Waals surface area contributed by atoms with Crippen LogP contribution in [0.15, 0.2) is 36.4 Å². The zero-order chi connectivity index (χ0) is 37.6. The third kappa shape index (κ3) is 5.80. The lowest BCUT2D eigenvalue weighted by Gasteiger charge is -2.72. The summed E-state index contributed by atoms with van der Waals surface area (Å²) >= 11 is 0. The van der Waals surface area contributed by atoms with E-state index < -0.39 is 21.8 Å². The number of hydrogen-bond donors (Lipinski definition) is 2. The summed E-state index contributed by atoms with van der Waals surface area (Å²) < 4.78 is 40.7. The summed E-state index contributed by atoms with van der Waals surface area (Å²) in [6.45, 7) is 24.1. The molecule has 6 aliphatic rings. The number of halogens is 1. The molecule has 52 heavy (non-hydrogen) atoms. The minimum absolute atomic E-state index is 0.128. The summed E-state index contributed by atoms with van der Waals surface area (Å²) in [6, 6.07) is 4.68. The van der Waals surface area contributed by atoms with Gasteiger partial charge in [0.15, 0.2) is 0 Å². The van der Waals surface area contributed by atoms with Gasteiger partial charge in [-0.1, -0.05) is 58.9 Å². The molecule has 9 heteroatoms. The van der Waals surface area contributed by atoms with Crippen LogP contribution < -0.4 is 5.32 Å². The maximum Gasteiger partial charge on any atom is 0.338 e. The van der Waals surface area contributed by atoms with E-state index in [4.69, 9.17) is 0 Å². The first-order chi connectivity index (χ1) is 24.3.